The summed E-state index contributed by atoms with van der Waals surface area (Å²) in [5, 5.41) is 5.24. The first kappa shape index (κ1) is 8.94. The van der Waals surface area contributed by atoms with Crippen molar-refractivity contribution in [1.29, 1.82) is 0 Å². The Labute approximate surface area is 57.1 Å². The molecule has 4 heteroatoms. The Morgan fingerprint density at radius 3 is 1.89 bits per heavy atom. The molecule has 9 heavy (non-hydrogen) atoms. The van der Waals surface area contributed by atoms with Crippen LogP contribution in [0.3, 0.4) is 0 Å². The summed E-state index contributed by atoms with van der Waals surface area (Å²) in [6, 6.07) is 0. The van der Waals surface area contributed by atoms with Crippen molar-refractivity contribution >= 4 is 15.8 Å². The van der Waals surface area contributed by atoms with Crippen LogP contribution in [0.4, 0.5) is 0 Å². The molecule has 0 aliphatic carbocycles. The standard InChI is InChI=1S/C5H14N2OS/c1-4-7(5-2)9(3,6)8/h3-5H2,1-2H3,(H2,6,8). The first-order valence-corrected chi connectivity index (χ1v) is 4.67. The van der Waals surface area contributed by atoms with Crippen LogP contribution in [0.1, 0.15) is 13.8 Å². The molecule has 0 rings (SSSR count). The summed E-state index contributed by atoms with van der Waals surface area (Å²) in [5.41, 5.74) is 0. The van der Waals surface area contributed by atoms with Crippen molar-refractivity contribution in [1.82, 2.24) is 4.31 Å². The predicted octanol–water partition coefficient (Wildman–Crippen LogP) is -0.167. The number of rotatable bonds is 3. The van der Waals surface area contributed by atoms with Gasteiger partial charge in [0.2, 0.25) is 0 Å². The highest BCUT2D eigenvalue weighted by Gasteiger charge is 2.04. The van der Waals surface area contributed by atoms with Crippen LogP contribution in [-0.4, -0.2) is 27.5 Å². The van der Waals surface area contributed by atoms with Crippen LogP contribution in [0.5, 0.6) is 0 Å². The molecule has 0 amide bonds. The topological polar surface area (TPSA) is 46.3 Å². The molecule has 0 radical (unpaired) electrons. The Balaban J connectivity index is 4.14. The van der Waals surface area contributed by atoms with E-state index in [-0.39, 0.29) is 0 Å². The third kappa shape index (κ3) is 2.84. The van der Waals surface area contributed by atoms with Crippen LogP contribution in [-0.2, 0) is 9.89 Å². The number of hydrogen-bond acceptors (Lipinski definition) is 1. The zero-order chi connectivity index (χ0) is 7.49. The van der Waals surface area contributed by atoms with E-state index in [1.807, 2.05) is 13.8 Å². The maximum Gasteiger partial charge on any atom is 0.0851 e. The minimum atomic E-state index is -2.43. The number of nitrogens with zero attached hydrogens (tertiary/aromatic N) is 1. The number of nitrogens with two attached hydrogens (primary N) is 1. The van der Waals surface area contributed by atoms with Crippen LogP contribution in [0.25, 0.3) is 0 Å². The number of hydrogen-bond donors (Lipinski definition) is 1. The van der Waals surface area contributed by atoms with E-state index in [2.05, 4.69) is 5.87 Å². The van der Waals surface area contributed by atoms with Crippen molar-refractivity contribution in [2.24, 2.45) is 5.14 Å². The zero-order valence-electron chi connectivity index (χ0n) is 5.96. The highest BCUT2D eigenvalue weighted by molar-refractivity contribution is 7.96. The smallest absolute Gasteiger partial charge is 0.0851 e. The molecule has 0 saturated heterocycles. The van der Waals surface area contributed by atoms with Crippen LogP contribution >= 0.6 is 0 Å². The van der Waals surface area contributed by atoms with Gasteiger partial charge in [0.25, 0.3) is 0 Å². The molecule has 56 valence electrons. The molecule has 0 aromatic rings. The van der Waals surface area contributed by atoms with Gasteiger partial charge in [-0.05, 0) is 5.87 Å². The van der Waals surface area contributed by atoms with E-state index in [0.29, 0.717) is 13.1 Å². The lowest BCUT2D eigenvalue weighted by atomic mass is 10.7. The third-order valence-electron chi connectivity index (χ3n) is 1.14. The van der Waals surface area contributed by atoms with Crippen molar-refractivity contribution in [3.63, 3.8) is 0 Å². The van der Waals surface area contributed by atoms with Gasteiger partial charge in [-0.3, -0.25) is 0 Å². The summed E-state index contributed by atoms with van der Waals surface area (Å²) < 4.78 is 12.6. The van der Waals surface area contributed by atoms with Crippen molar-refractivity contribution in [3.05, 3.63) is 0 Å². The molecule has 0 saturated carbocycles. The average molecular weight is 150 g/mol. The van der Waals surface area contributed by atoms with Crippen molar-refractivity contribution in [2.75, 3.05) is 13.1 Å². The lowest BCUT2D eigenvalue weighted by Crippen LogP contribution is -2.35. The van der Waals surface area contributed by atoms with Gasteiger partial charge in [0.1, 0.15) is 0 Å². The van der Waals surface area contributed by atoms with Gasteiger partial charge >= 0.3 is 0 Å². The molecular formula is C5H14N2OS. The fourth-order valence-corrected chi connectivity index (χ4v) is 1.53. The van der Waals surface area contributed by atoms with Gasteiger partial charge in [0.15, 0.2) is 0 Å². The molecule has 0 aliphatic rings. The second kappa shape index (κ2) is 3.20. The molecule has 0 aromatic heterocycles. The normalized spacial score (nSPS) is 17.8. The van der Waals surface area contributed by atoms with Gasteiger partial charge in [-0.25, -0.2) is 13.7 Å². The second-order valence-electron chi connectivity index (χ2n) is 1.80. The monoisotopic (exact) mass is 150 g/mol. The Morgan fingerprint density at radius 1 is 1.56 bits per heavy atom. The minimum absolute atomic E-state index is 0.690. The van der Waals surface area contributed by atoms with Crippen LogP contribution in [0.2, 0.25) is 0 Å². The summed E-state index contributed by atoms with van der Waals surface area (Å²) in [7, 11) is -2.43. The molecule has 0 fully saturated rings. The maximum absolute atomic E-state index is 10.9. The molecule has 1 unspecified atom stereocenters. The van der Waals surface area contributed by atoms with Gasteiger partial charge in [0.05, 0.1) is 9.89 Å². The van der Waals surface area contributed by atoms with Gasteiger partial charge < -0.3 is 0 Å². The molecule has 0 spiro atoms. The SMILES string of the molecule is C=S(N)(=O)N(CC)CC. The Bertz CT molecular complexity index is 158. The molecule has 0 bridgehead atoms. The zero-order valence-corrected chi connectivity index (χ0v) is 6.78. The van der Waals surface area contributed by atoms with E-state index in [1.54, 1.807) is 4.31 Å². The van der Waals surface area contributed by atoms with Crippen LogP contribution in [0, 0.1) is 0 Å². The Hall–Kier alpha value is -0.0600. The quantitative estimate of drug-likeness (QED) is 0.558. The van der Waals surface area contributed by atoms with E-state index >= 15 is 0 Å². The fraction of sp³-hybridized carbons (Fsp3) is 0.800. The summed E-state index contributed by atoms with van der Waals surface area (Å²) in [6.07, 6.45) is 0. The molecule has 3 nitrogen and oxygen atoms in total. The van der Waals surface area contributed by atoms with E-state index in [0.717, 1.165) is 0 Å². The van der Waals surface area contributed by atoms with Crippen molar-refractivity contribution in [2.45, 2.75) is 13.8 Å². The van der Waals surface area contributed by atoms with Crippen LogP contribution in [0.15, 0.2) is 0 Å². The minimum Gasteiger partial charge on any atom is -0.247 e. The summed E-state index contributed by atoms with van der Waals surface area (Å²) >= 11 is 0. The van der Waals surface area contributed by atoms with E-state index in [4.69, 9.17) is 5.14 Å². The molecule has 0 aliphatic heterocycles. The maximum atomic E-state index is 10.9. The van der Waals surface area contributed by atoms with E-state index in [9.17, 15) is 4.21 Å². The molecule has 0 aromatic carbocycles. The van der Waals surface area contributed by atoms with Gasteiger partial charge in [-0.2, -0.15) is 0 Å². The fourth-order valence-electron chi connectivity index (χ4n) is 0.661. The Morgan fingerprint density at radius 2 is 1.89 bits per heavy atom. The Kier molecular flexibility index (Phi) is 3.17. The molecule has 2 N–H and O–H groups in total. The lowest BCUT2D eigenvalue weighted by Gasteiger charge is -2.18. The highest BCUT2D eigenvalue weighted by Crippen LogP contribution is 1.90. The third-order valence-corrected chi connectivity index (χ3v) is 2.53. The highest BCUT2D eigenvalue weighted by atomic mass is 32.2. The van der Waals surface area contributed by atoms with E-state index < -0.39 is 9.89 Å². The van der Waals surface area contributed by atoms with Gasteiger partial charge in [-0.15, -0.1) is 0 Å². The molecule has 0 heterocycles. The first-order valence-electron chi connectivity index (χ1n) is 2.92. The average Bonchev–Trinajstić information content (AvgIpc) is 1.65. The second-order valence-corrected chi connectivity index (χ2v) is 3.70. The van der Waals surface area contributed by atoms with Crippen LogP contribution < -0.4 is 5.14 Å². The lowest BCUT2D eigenvalue weighted by molar-refractivity contribution is 0.488. The predicted molar refractivity (Wildman–Crippen MR) is 42.4 cm³/mol. The summed E-state index contributed by atoms with van der Waals surface area (Å²) in [4.78, 5) is 0. The largest absolute Gasteiger partial charge is 0.247 e. The summed E-state index contributed by atoms with van der Waals surface area (Å²) in [5.74, 6) is 3.34. The van der Waals surface area contributed by atoms with Gasteiger partial charge in [0, 0.05) is 13.1 Å². The van der Waals surface area contributed by atoms with Crippen molar-refractivity contribution < 1.29 is 4.21 Å². The summed E-state index contributed by atoms with van der Waals surface area (Å²) in [6.45, 7) is 5.19. The molecule has 1 atom stereocenters. The molecular weight excluding hydrogens is 136 g/mol. The first-order chi connectivity index (χ1) is 4.02. The van der Waals surface area contributed by atoms with Gasteiger partial charge in [-0.1, -0.05) is 13.8 Å². The van der Waals surface area contributed by atoms with E-state index in [1.165, 1.54) is 0 Å². The van der Waals surface area contributed by atoms with Crippen molar-refractivity contribution in [3.8, 4) is 0 Å².